The predicted molar refractivity (Wildman–Crippen MR) is 164 cm³/mol. The van der Waals surface area contributed by atoms with E-state index in [4.69, 9.17) is 9.47 Å². The van der Waals surface area contributed by atoms with Gasteiger partial charge < -0.3 is 14.0 Å². The highest BCUT2D eigenvalue weighted by atomic mass is 32.2. The minimum Gasteiger partial charge on any atom is -0.744 e. The molecule has 0 heterocycles. The molecule has 0 saturated heterocycles. The van der Waals surface area contributed by atoms with Crippen LogP contribution in [0.4, 0.5) is 0 Å². The van der Waals surface area contributed by atoms with E-state index in [1.165, 1.54) is 28.9 Å². The van der Waals surface area contributed by atoms with Gasteiger partial charge in [0.1, 0.15) is 15.0 Å². The number of methoxy groups -OCH3 is 2. The van der Waals surface area contributed by atoms with Crippen molar-refractivity contribution in [1.82, 2.24) is 0 Å². The molecule has 0 radical (unpaired) electrons. The van der Waals surface area contributed by atoms with Crippen molar-refractivity contribution in [1.29, 1.82) is 0 Å². The van der Waals surface area contributed by atoms with Crippen molar-refractivity contribution >= 4 is 42.6 Å². The van der Waals surface area contributed by atoms with Crippen molar-refractivity contribution in [3.05, 3.63) is 133 Å². The zero-order valence-corrected chi connectivity index (χ0v) is 24.2. The molecule has 6 rings (SSSR count). The van der Waals surface area contributed by atoms with Gasteiger partial charge in [0.15, 0.2) is 26.2 Å². The standard InChI is InChI=1S/C18H15S.C16H14O5S/c1-4-10-16(11-5-1)19(17-12-6-2-7-13-17)18-14-8-3-9-15-18;1-20-14-9-12-7-10-5-3-4-6-11(10)8-13(12)16(15(14)21-2)22(17,18)19/h1-15H;3-9H,1-2H3,(H,17,18,19)/q+1;/p-1. The van der Waals surface area contributed by atoms with E-state index in [2.05, 4.69) is 91.0 Å². The summed E-state index contributed by atoms with van der Waals surface area (Å²) in [6.45, 7) is 0. The zero-order chi connectivity index (χ0) is 28.8. The van der Waals surface area contributed by atoms with Gasteiger partial charge in [-0.05, 0) is 70.8 Å². The quantitative estimate of drug-likeness (QED) is 0.115. The summed E-state index contributed by atoms with van der Waals surface area (Å²) in [4.78, 5) is 3.69. The molecule has 5 nitrogen and oxygen atoms in total. The summed E-state index contributed by atoms with van der Waals surface area (Å²) in [6.07, 6.45) is 0. The lowest BCUT2D eigenvalue weighted by Crippen LogP contribution is -2.05. The SMILES string of the molecule is COc1cc2cc3ccccc3cc2c(S(=O)(=O)[O-])c1OC.c1ccc([S+](c2ccccc2)c2ccccc2)cc1. The van der Waals surface area contributed by atoms with Crippen LogP contribution in [0, 0.1) is 0 Å². The molecule has 6 aromatic rings. The van der Waals surface area contributed by atoms with Crippen LogP contribution in [0.1, 0.15) is 0 Å². The predicted octanol–water partition coefficient (Wildman–Crippen LogP) is 7.70. The van der Waals surface area contributed by atoms with E-state index < -0.39 is 15.0 Å². The molecule has 0 aromatic heterocycles. The van der Waals surface area contributed by atoms with E-state index in [-0.39, 0.29) is 22.4 Å². The Labute approximate surface area is 243 Å². The highest BCUT2D eigenvalue weighted by Gasteiger charge is 2.27. The molecule has 0 bridgehead atoms. The lowest BCUT2D eigenvalue weighted by Gasteiger charge is -2.18. The van der Waals surface area contributed by atoms with E-state index in [0.29, 0.717) is 10.8 Å². The molecule has 206 valence electrons. The van der Waals surface area contributed by atoms with Gasteiger partial charge in [0.2, 0.25) is 0 Å². The van der Waals surface area contributed by atoms with Crippen molar-refractivity contribution in [2.45, 2.75) is 19.6 Å². The summed E-state index contributed by atoms with van der Waals surface area (Å²) < 4.78 is 45.5. The Morgan fingerprint density at radius 3 is 1.41 bits per heavy atom. The van der Waals surface area contributed by atoms with Crippen LogP contribution in [0.25, 0.3) is 21.5 Å². The van der Waals surface area contributed by atoms with Gasteiger partial charge in [-0.3, -0.25) is 0 Å². The minimum absolute atomic E-state index is 0.0146. The van der Waals surface area contributed by atoms with Gasteiger partial charge in [-0.1, -0.05) is 78.9 Å². The number of ether oxygens (including phenoxy) is 2. The van der Waals surface area contributed by atoms with Crippen LogP contribution >= 0.6 is 0 Å². The molecule has 0 aliphatic rings. The molecule has 0 N–H and O–H groups in total. The lowest BCUT2D eigenvalue weighted by molar-refractivity contribution is 0.345. The third kappa shape index (κ3) is 6.23. The summed E-state index contributed by atoms with van der Waals surface area (Å²) in [7, 11) is -2.04. The van der Waals surface area contributed by atoms with Crippen LogP contribution < -0.4 is 9.47 Å². The zero-order valence-electron chi connectivity index (χ0n) is 22.6. The van der Waals surface area contributed by atoms with Crippen molar-refractivity contribution in [3.8, 4) is 11.5 Å². The van der Waals surface area contributed by atoms with Gasteiger partial charge in [0, 0.05) is 5.39 Å². The van der Waals surface area contributed by atoms with Gasteiger partial charge in [-0.15, -0.1) is 0 Å². The van der Waals surface area contributed by atoms with Crippen molar-refractivity contribution in [3.63, 3.8) is 0 Å². The number of benzene rings is 6. The second-order valence-corrected chi connectivity index (χ2v) is 12.4. The maximum atomic E-state index is 11.7. The Hall–Kier alpha value is -4.30. The third-order valence-corrected chi connectivity index (χ3v) is 9.63. The molecular weight excluding hydrogens is 553 g/mol. The first-order valence-corrected chi connectivity index (χ1v) is 15.5. The van der Waals surface area contributed by atoms with E-state index in [9.17, 15) is 13.0 Å². The van der Waals surface area contributed by atoms with Crippen LogP contribution in [-0.4, -0.2) is 27.2 Å². The van der Waals surface area contributed by atoms with Crippen molar-refractivity contribution < 1.29 is 22.4 Å². The number of rotatable bonds is 6. The normalized spacial score (nSPS) is 11.2. The minimum atomic E-state index is -4.73. The summed E-state index contributed by atoms with van der Waals surface area (Å²) in [6, 6.07) is 44.8. The molecule has 0 saturated carbocycles. The Morgan fingerprint density at radius 2 is 1.00 bits per heavy atom. The molecule has 0 amide bonds. The van der Waals surface area contributed by atoms with E-state index in [1.54, 1.807) is 12.1 Å². The third-order valence-electron chi connectivity index (χ3n) is 6.49. The molecule has 0 spiro atoms. The van der Waals surface area contributed by atoms with E-state index in [1.807, 2.05) is 30.3 Å². The Bertz CT molecular complexity index is 1780. The van der Waals surface area contributed by atoms with Crippen LogP contribution in [0.3, 0.4) is 0 Å². The van der Waals surface area contributed by atoms with Crippen LogP contribution in [0.5, 0.6) is 11.5 Å². The van der Waals surface area contributed by atoms with Crippen molar-refractivity contribution in [2.75, 3.05) is 14.2 Å². The first-order valence-electron chi connectivity index (χ1n) is 12.8. The van der Waals surface area contributed by atoms with Crippen molar-refractivity contribution in [2.24, 2.45) is 0 Å². The smallest absolute Gasteiger partial charge is 0.178 e. The van der Waals surface area contributed by atoms with Gasteiger partial charge in [-0.25, -0.2) is 8.42 Å². The molecule has 0 atom stereocenters. The second-order valence-electron chi connectivity index (χ2n) is 9.06. The first-order chi connectivity index (χ1) is 19.9. The molecule has 41 heavy (non-hydrogen) atoms. The fourth-order valence-corrected chi connectivity index (χ4v) is 7.65. The van der Waals surface area contributed by atoms with Gasteiger partial charge in [0.25, 0.3) is 0 Å². The Morgan fingerprint density at radius 1 is 0.561 bits per heavy atom. The fourth-order valence-electron chi connectivity index (χ4n) is 4.69. The number of fused-ring (bicyclic) bond motifs is 2. The number of hydrogen-bond donors (Lipinski definition) is 0. The van der Waals surface area contributed by atoms with Crippen LogP contribution in [-0.2, 0) is 21.0 Å². The molecule has 0 fully saturated rings. The van der Waals surface area contributed by atoms with Crippen LogP contribution in [0.2, 0.25) is 0 Å². The largest absolute Gasteiger partial charge is 0.744 e. The highest BCUT2D eigenvalue weighted by molar-refractivity contribution is 7.97. The maximum absolute atomic E-state index is 11.7. The highest BCUT2D eigenvalue weighted by Crippen LogP contribution is 2.41. The summed E-state index contributed by atoms with van der Waals surface area (Å²) in [5.74, 6) is 0.139. The first kappa shape index (κ1) is 28.2. The van der Waals surface area contributed by atoms with E-state index in [0.717, 1.165) is 10.8 Å². The summed E-state index contributed by atoms with van der Waals surface area (Å²) >= 11 is 0. The van der Waals surface area contributed by atoms with Gasteiger partial charge in [-0.2, -0.15) is 0 Å². The summed E-state index contributed by atoms with van der Waals surface area (Å²) in [5, 5.41) is 2.71. The van der Waals surface area contributed by atoms with Gasteiger partial charge in [0.05, 0.1) is 25.1 Å². The maximum Gasteiger partial charge on any atom is 0.178 e. The average molecular weight is 581 g/mol. The van der Waals surface area contributed by atoms with Gasteiger partial charge >= 0.3 is 0 Å². The number of hydrogen-bond acceptors (Lipinski definition) is 5. The lowest BCUT2D eigenvalue weighted by atomic mass is 10.0. The molecule has 0 unspecified atom stereocenters. The fraction of sp³-hybridized carbons (Fsp3) is 0.0588. The monoisotopic (exact) mass is 580 g/mol. The molecular formula is C34H28O5S2. The molecule has 0 aliphatic carbocycles. The Kier molecular flexibility index (Phi) is 8.59. The molecule has 7 heteroatoms. The van der Waals surface area contributed by atoms with E-state index >= 15 is 0 Å². The second kappa shape index (κ2) is 12.5. The average Bonchev–Trinajstić information content (AvgIpc) is 3.00. The topological polar surface area (TPSA) is 75.7 Å². The Balaban J connectivity index is 0.000000166. The summed E-state index contributed by atoms with van der Waals surface area (Å²) in [5.41, 5.74) is 0. The van der Waals surface area contributed by atoms with Crippen LogP contribution in [0.15, 0.2) is 153 Å². The molecule has 0 aliphatic heterocycles. The molecule has 6 aromatic carbocycles.